The van der Waals surface area contributed by atoms with E-state index in [1.165, 1.54) is 12.1 Å². The van der Waals surface area contributed by atoms with E-state index in [2.05, 4.69) is 5.10 Å². The summed E-state index contributed by atoms with van der Waals surface area (Å²) in [6, 6.07) is 13.9. The minimum Gasteiger partial charge on any atom is -0.497 e. The van der Waals surface area contributed by atoms with Gasteiger partial charge in [-0.05, 0) is 48.6 Å². The number of benzene rings is 2. The van der Waals surface area contributed by atoms with Crippen molar-refractivity contribution in [2.45, 2.75) is 13.2 Å². The Kier molecular flexibility index (Phi) is 5.25. The minimum atomic E-state index is -0.232. The average molecular weight is 360 g/mol. The third-order valence-electron chi connectivity index (χ3n) is 3.78. The van der Waals surface area contributed by atoms with Crippen molar-refractivity contribution in [2.75, 3.05) is 14.2 Å². The van der Waals surface area contributed by atoms with E-state index < -0.39 is 0 Å². The van der Waals surface area contributed by atoms with Gasteiger partial charge in [-0.2, -0.15) is 4.68 Å². The molecular formula is C18H19FN3O2S+. The molecule has 0 aliphatic carbocycles. The van der Waals surface area contributed by atoms with Crippen LogP contribution in [0.15, 0.2) is 52.9 Å². The lowest BCUT2D eigenvalue weighted by Gasteiger charge is -2.13. The van der Waals surface area contributed by atoms with Crippen molar-refractivity contribution in [1.29, 1.82) is 0 Å². The van der Waals surface area contributed by atoms with Gasteiger partial charge in [0.25, 0.3) is 4.84 Å². The topological polar surface area (TPSA) is 44.6 Å². The van der Waals surface area contributed by atoms with Gasteiger partial charge >= 0.3 is 0 Å². The molecule has 130 valence electrons. The molecule has 1 atom stereocenters. The molecule has 3 rings (SSSR count). The lowest BCUT2D eigenvalue weighted by atomic mass is 10.2. The van der Waals surface area contributed by atoms with E-state index in [1.807, 2.05) is 31.3 Å². The van der Waals surface area contributed by atoms with Gasteiger partial charge in [0.2, 0.25) is 5.89 Å². The molecule has 7 heteroatoms. The summed E-state index contributed by atoms with van der Waals surface area (Å²) < 4.78 is 25.4. The highest BCUT2D eigenvalue weighted by Crippen LogP contribution is 2.20. The fourth-order valence-electron chi connectivity index (χ4n) is 2.52. The third kappa shape index (κ3) is 4.32. The average Bonchev–Trinajstić information content (AvgIpc) is 2.97. The van der Waals surface area contributed by atoms with Crippen molar-refractivity contribution in [3.05, 3.63) is 64.7 Å². The molecule has 0 saturated carbocycles. The normalized spacial score (nSPS) is 12.1. The number of rotatable bonds is 6. The predicted octanol–water partition coefficient (Wildman–Crippen LogP) is 2.69. The number of quaternary nitrogens is 1. The van der Waals surface area contributed by atoms with Crippen LogP contribution in [-0.2, 0) is 13.2 Å². The predicted molar refractivity (Wildman–Crippen MR) is 94.3 cm³/mol. The van der Waals surface area contributed by atoms with Gasteiger partial charge in [-0.15, -0.1) is 5.10 Å². The first kappa shape index (κ1) is 17.3. The molecule has 0 fully saturated rings. The third-order valence-corrected chi connectivity index (χ3v) is 4.08. The number of methoxy groups -OCH3 is 1. The summed E-state index contributed by atoms with van der Waals surface area (Å²) in [7, 11) is 3.64. The van der Waals surface area contributed by atoms with E-state index in [0.29, 0.717) is 17.4 Å². The molecule has 0 aliphatic rings. The molecule has 3 aromatic rings. The van der Waals surface area contributed by atoms with Gasteiger partial charge in [-0.3, -0.25) is 0 Å². The van der Waals surface area contributed by atoms with Gasteiger partial charge in [0.1, 0.15) is 18.1 Å². The van der Waals surface area contributed by atoms with Crippen molar-refractivity contribution in [3.8, 4) is 17.2 Å². The first-order chi connectivity index (χ1) is 12.0. The van der Waals surface area contributed by atoms with E-state index in [0.717, 1.165) is 28.3 Å². The Labute approximate surface area is 150 Å². The number of hydrogen-bond donors (Lipinski definition) is 1. The monoisotopic (exact) mass is 360 g/mol. The number of nitrogens with zero attached hydrogens (tertiary/aromatic N) is 2. The first-order valence-corrected chi connectivity index (χ1v) is 8.24. The quantitative estimate of drug-likeness (QED) is 0.687. The molecule has 0 bridgehead atoms. The molecule has 0 amide bonds. The molecular weight excluding hydrogens is 341 g/mol. The lowest BCUT2D eigenvalue weighted by Crippen LogP contribution is -3.07. The molecule has 1 unspecified atom stereocenters. The van der Waals surface area contributed by atoms with Crippen LogP contribution in [0.5, 0.6) is 5.75 Å². The van der Waals surface area contributed by atoms with Gasteiger partial charge in [0.05, 0.1) is 14.2 Å². The summed E-state index contributed by atoms with van der Waals surface area (Å²) in [5, 5.41) is 4.46. The molecule has 2 aromatic carbocycles. The molecule has 25 heavy (non-hydrogen) atoms. The Bertz CT molecular complexity index is 888. The summed E-state index contributed by atoms with van der Waals surface area (Å²) in [6.07, 6.45) is 0. The molecule has 0 spiro atoms. The summed E-state index contributed by atoms with van der Waals surface area (Å²) in [6.45, 7) is 1.28. The van der Waals surface area contributed by atoms with Crippen LogP contribution in [0.25, 0.3) is 11.5 Å². The van der Waals surface area contributed by atoms with E-state index >= 15 is 0 Å². The van der Waals surface area contributed by atoms with E-state index in [4.69, 9.17) is 21.4 Å². The molecule has 1 heterocycles. The Morgan fingerprint density at radius 2 is 1.84 bits per heavy atom. The van der Waals surface area contributed by atoms with Crippen molar-refractivity contribution in [3.63, 3.8) is 0 Å². The largest absolute Gasteiger partial charge is 0.497 e. The SMILES string of the molecule is COc1ccc(-c2nn(C[NH+](C)Cc3ccc(F)cc3)c(=S)o2)cc1. The van der Waals surface area contributed by atoms with E-state index in [-0.39, 0.29) is 5.82 Å². The number of nitrogens with one attached hydrogen (secondary N) is 1. The van der Waals surface area contributed by atoms with Crippen LogP contribution in [0.4, 0.5) is 4.39 Å². The van der Waals surface area contributed by atoms with Crippen LogP contribution in [0.1, 0.15) is 5.56 Å². The zero-order valence-electron chi connectivity index (χ0n) is 14.0. The summed E-state index contributed by atoms with van der Waals surface area (Å²) in [5.41, 5.74) is 1.88. The Balaban J connectivity index is 1.71. The van der Waals surface area contributed by atoms with Gasteiger partial charge in [0.15, 0.2) is 6.67 Å². The number of ether oxygens (including phenoxy) is 1. The highest BCUT2D eigenvalue weighted by molar-refractivity contribution is 7.71. The fourth-order valence-corrected chi connectivity index (χ4v) is 2.70. The maximum Gasteiger partial charge on any atom is 0.292 e. The number of halogens is 1. The van der Waals surface area contributed by atoms with Crippen LogP contribution < -0.4 is 9.64 Å². The molecule has 0 aliphatic heterocycles. The van der Waals surface area contributed by atoms with Gasteiger partial charge in [0, 0.05) is 11.1 Å². The van der Waals surface area contributed by atoms with E-state index in [1.54, 1.807) is 23.9 Å². The summed E-state index contributed by atoms with van der Waals surface area (Å²) >= 11 is 5.27. The Morgan fingerprint density at radius 1 is 1.16 bits per heavy atom. The highest BCUT2D eigenvalue weighted by atomic mass is 32.1. The van der Waals surface area contributed by atoms with Crippen LogP contribution in [0.3, 0.4) is 0 Å². The van der Waals surface area contributed by atoms with Crippen molar-refractivity contribution < 1.29 is 18.4 Å². The smallest absolute Gasteiger partial charge is 0.292 e. The molecule has 0 saturated heterocycles. The molecule has 0 radical (unpaired) electrons. The fraction of sp³-hybridized carbons (Fsp3) is 0.222. The maximum atomic E-state index is 13.0. The second kappa shape index (κ2) is 7.58. The number of hydrogen-bond acceptors (Lipinski definition) is 4. The number of aromatic nitrogens is 2. The van der Waals surface area contributed by atoms with Crippen LogP contribution in [0, 0.1) is 10.7 Å². The standard InChI is InChI=1S/C18H18FN3O2S/c1-21(11-13-3-7-15(19)8-4-13)12-22-18(25)24-17(20-22)14-5-9-16(23-2)10-6-14/h3-10H,11-12H2,1-2H3/p+1. The van der Waals surface area contributed by atoms with Crippen molar-refractivity contribution >= 4 is 12.2 Å². The molecule has 5 nitrogen and oxygen atoms in total. The second-order valence-corrected chi connectivity index (χ2v) is 6.17. The van der Waals surface area contributed by atoms with Crippen molar-refractivity contribution in [2.24, 2.45) is 0 Å². The summed E-state index contributed by atoms with van der Waals surface area (Å²) in [4.78, 5) is 1.47. The summed E-state index contributed by atoms with van der Waals surface area (Å²) in [5.74, 6) is 1.01. The van der Waals surface area contributed by atoms with Crippen LogP contribution in [-0.4, -0.2) is 23.9 Å². The Morgan fingerprint density at radius 3 is 2.48 bits per heavy atom. The maximum absolute atomic E-state index is 13.0. The van der Waals surface area contributed by atoms with E-state index in [9.17, 15) is 4.39 Å². The second-order valence-electron chi connectivity index (χ2n) is 5.82. The van der Waals surface area contributed by atoms with Gasteiger partial charge in [-0.1, -0.05) is 12.1 Å². The highest BCUT2D eigenvalue weighted by Gasteiger charge is 2.12. The van der Waals surface area contributed by atoms with Gasteiger partial charge < -0.3 is 14.1 Å². The first-order valence-electron chi connectivity index (χ1n) is 7.83. The zero-order chi connectivity index (χ0) is 17.8. The van der Waals surface area contributed by atoms with Crippen LogP contribution >= 0.6 is 12.2 Å². The minimum absolute atomic E-state index is 0.232. The Hall–Kier alpha value is -2.51. The molecule has 1 aromatic heterocycles. The zero-order valence-corrected chi connectivity index (χ0v) is 14.8. The molecule has 1 N–H and O–H groups in total. The van der Waals surface area contributed by atoms with Crippen molar-refractivity contribution in [1.82, 2.24) is 9.78 Å². The lowest BCUT2D eigenvalue weighted by molar-refractivity contribution is -0.917. The van der Waals surface area contributed by atoms with Gasteiger partial charge in [-0.25, -0.2) is 4.39 Å². The van der Waals surface area contributed by atoms with Crippen LogP contribution in [0.2, 0.25) is 0 Å².